The first-order chi connectivity index (χ1) is 12.7. The zero-order valence-corrected chi connectivity index (χ0v) is 15.0. The van der Waals surface area contributed by atoms with Gasteiger partial charge in [-0.2, -0.15) is 0 Å². The fourth-order valence-electron chi connectivity index (χ4n) is 3.79. The van der Waals surface area contributed by atoms with Crippen LogP contribution in [-0.4, -0.2) is 43.9 Å². The molecule has 1 aliphatic heterocycles. The van der Waals surface area contributed by atoms with Gasteiger partial charge in [-0.25, -0.2) is 4.52 Å². The highest BCUT2D eigenvalue weighted by atomic mass is 16.2. The van der Waals surface area contributed by atoms with Crippen molar-refractivity contribution in [2.45, 2.75) is 32.6 Å². The number of carbonyl (C=O) groups excluding carboxylic acids is 1. The van der Waals surface area contributed by atoms with Crippen LogP contribution in [-0.2, 0) is 6.42 Å². The van der Waals surface area contributed by atoms with E-state index in [2.05, 4.69) is 46.7 Å². The largest absolute Gasteiger partial charge is 0.338 e. The number of aromatic nitrogens is 4. The van der Waals surface area contributed by atoms with Crippen molar-refractivity contribution in [3.8, 4) is 0 Å². The summed E-state index contributed by atoms with van der Waals surface area (Å²) in [4.78, 5) is 14.9. The van der Waals surface area contributed by atoms with Gasteiger partial charge in [0.1, 0.15) is 0 Å². The van der Waals surface area contributed by atoms with Crippen molar-refractivity contribution in [2.24, 2.45) is 5.92 Å². The molecule has 1 amide bonds. The lowest BCUT2D eigenvalue weighted by atomic mass is 9.90. The van der Waals surface area contributed by atoms with Crippen molar-refractivity contribution in [1.82, 2.24) is 24.9 Å². The van der Waals surface area contributed by atoms with Crippen molar-refractivity contribution in [1.29, 1.82) is 0 Å². The molecule has 1 saturated heterocycles. The Morgan fingerprint density at radius 1 is 1.27 bits per heavy atom. The quantitative estimate of drug-likeness (QED) is 0.726. The molecule has 26 heavy (non-hydrogen) atoms. The summed E-state index contributed by atoms with van der Waals surface area (Å²) in [5.74, 6) is 0.641. The predicted molar refractivity (Wildman–Crippen MR) is 98.9 cm³/mol. The Kier molecular flexibility index (Phi) is 4.65. The van der Waals surface area contributed by atoms with Crippen molar-refractivity contribution in [2.75, 3.05) is 13.1 Å². The molecule has 0 saturated carbocycles. The van der Waals surface area contributed by atoms with E-state index in [0.717, 1.165) is 32.4 Å². The van der Waals surface area contributed by atoms with Crippen molar-refractivity contribution >= 4 is 11.6 Å². The lowest BCUT2D eigenvalue weighted by molar-refractivity contribution is 0.0668. The lowest BCUT2D eigenvalue weighted by Gasteiger charge is -2.33. The molecule has 1 aliphatic rings. The SMILES string of the molecule is Cc1ccccc1CC[C@H]1CCCN(C(=O)c2ccn3nnnc3c2)C1. The number of hydrogen-bond acceptors (Lipinski definition) is 4. The molecule has 1 aromatic carbocycles. The van der Waals surface area contributed by atoms with E-state index >= 15 is 0 Å². The highest BCUT2D eigenvalue weighted by Crippen LogP contribution is 2.24. The van der Waals surface area contributed by atoms with Gasteiger partial charge in [-0.05, 0) is 72.2 Å². The van der Waals surface area contributed by atoms with Gasteiger partial charge in [0.2, 0.25) is 0 Å². The van der Waals surface area contributed by atoms with Crippen LogP contribution in [0.1, 0.15) is 40.7 Å². The summed E-state index contributed by atoms with van der Waals surface area (Å²) in [6.45, 7) is 3.83. The first kappa shape index (κ1) is 16.7. The van der Waals surface area contributed by atoms with Crippen LogP contribution < -0.4 is 0 Å². The van der Waals surface area contributed by atoms with Gasteiger partial charge < -0.3 is 4.90 Å². The van der Waals surface area contributed by atoms with Crippen LogP contribution in [0.25, 0.3) is 5.65 Å². The number of likely N-dealkylation sites (tertiary alicyclic amines) is 1. The molecule has 6 nitrogen and oxygen atoms in total. The first-order valence-electron chi connectivity index (χ1n) is 9.22. The number of aryl methyl sites for hydroxylation is 2. The van der Waals surface area contributed by atoms with E-state index < -0.39 is 0 Å². The van der Waals surface area contributed by atoms with E-state index in [9.17, 15) is 4.79 Å². The van der Waals surface area contributed by atoms with Gasteiger partial charge in [0.05, 0.1) is 0 Å². The summed E-state index contributed by atoms with van der Waals surface area (Å²) in [7, 11) is 0. The maximum atomic E-state index is 12.9. The molecular weight excluding hydrogens is 326 g/mol. The average Bonchev–Trinajstić information content (AvgIpc) is 3.15. The lowest BCUT2D eigenvalue weighted by Crippen LogP contribution is -2.40. The summed E-state index contributed by atoms with van der Waals surface area (Å²) in [5.41, 5.74) is 4.03. The number of amides is 1. The molecule has 3 heterocycles. The molecule has 0 N–H and O–H groups in total. The van der Waals surface area contributed by atoms with E-state index in [-0.39, 0.29) is 5.91 Å². The molecule has 0 bridgehead atoms. The second-order valence-electron chi connectivity index (χ2n) is 7.12. The minimum Gasteiger partial charge on any atom is -0.338 e. The average molecular weight is 349 g/mol. The fourth-order valence-corrected chi connectivity index (χ4v) is 3.79. The topological polar surface area (TPSA) is 63.4 Å². The van der Waals surface area contributed by atoms with E-state index in [1.165, 1.54) is 17.5 Å². The number of pyridine rings is 1. The Labute approximate surface area is 152 Å². The molecule has 0 unspecified atom stereocenters. The molecule has 1 atom stereocenters. The van der Waals surface area contributed by atoms with Gasteiger partial charge in [0, 0.05) is 24.8 Å². The van der Waals surface area contributed by atoms with E-state index in [0.29, 0.717) is 17.1 Å². The second-order valence-corrected chi connectivity index (χ2v) is 7.12. The highest BCUT2D eigenvalue weighted by Gasteiger charge is 2.24. The predicted octanol–water partition coefficient (Wildman–Crippen LogP) is 2.92. The number of tetrazole rings is 1. The minimum absolute atomic E-state index is 0.0797. The monoisotopic (exact) mass is 349 g/mol. The van der Waals surface area contributed by atoms with Gasteiger partial charge in [-0.1, -0.05) is 24.3 Å². The molecule has 0 aliphatic carbocycles. The molecule has 0 spiro atoms. The summed E-state index contributed by atoms with van der Waals surface area (Å²) in [6.07, 6.45) is 6.21. The summed E-state index contributed by atoms with van der Waals surface area (Å²) in [5, 5.41) is 11.4. The Bertz CT molecular complexity index is 919. The number of piperidine rings is 1. The third-order valence-electron chi connectivity index (χ3n) is 5.33. The smallest absolute Gasteiger partial charge is 0.254 e. The summed E-state index contributed by atoms with van der Waals surface area (Å²) in [6, 6.07) is 12.1. The highest BCUT2D eigenvalue weighted by molar-refractivity contribution is 5.95. The summed E-state index contributed by atoms with van der Waals surface area (Å²) < 4.78 is 1.57. The molecule has 0 radical (unpaired) electrons. The van der Waals surface area contributed by atoms with Crippen LogP contribution in [0.3, 0.4) is 0 Å². The van der Waals surface area contributed by atoms with Crippen LogP contribution >= 0.6 is 0 Å². The number of fused-ring (bicyclic) bond motifs is 1. The Hall–Kier alpha value is -2.76. The standard InChI is InChI=1S/C20H23N5O/c1-15-5-2-3-7-17(15)9-8-16-6-4-11-24(14-16)20(26)18-10-12-25-19(13-18)21-22-23-25/h2-3,5,7,10,12-13,16H,4,6,8-9,11,14H2,1H3/t16-/m1/s1. The Morgan fingerprint density at radius 2 is 2.15 bits per heavy atom. The molecular formula is C20H23N5O. The number of rotatable bonds is 4. The van der Waals surface area contributed by atoms with Crippen LogP contribution in [0.2, 0.25) is 0 Å². The summed E-state index contributed by atoms with van der Waals surface area (Å²) >= 11 is 0. The zero-order valence-electron chi connectivity index (χ0n) is 15.0. The van der Waals surface area contributed by atoms with Crippen LogP contribution in [0.5, 0.6) is 0 Å². The van der Waals surface area contributed by atoms with Crippen LogP contribution in [0.4, 0.5) is 0 Å². The molecule has 134 valence electrons. The molecule has 3 aromatic rings. The minimum atomic E-state index is 0.0797. The number of carbonyl (C=O) groups is 1. The van der Waals surface area contributed by atoms with Gasteiger partial charge in [0.25, 0.3) is 5.91 Å². The zero-order chi connectivity index (χ0) is 17.9. The van der Waals surface area contributed by atoms with Crippen molar-refractivity contribution in [3.05, 3.63) is 59.3 Å². The van der Waals surface area contributed by atoms with Crippen molar-refractivity contribution in [3.63, 3.8) is 0 Å². The first-order valence-corrected chi connectivity index (χ1v) is 9.22. The van der Waals surface area contributed by atoms with Crippen LogP contribution in [0.15, 0.2) is 42.6 Å². The Balaban J connectivity index is 1.41. The maximum absolute atomic E-state index is 12.9. The second kappa shape index (κ2) is 7.23. The number of benzene rings is 1. The maximum Gasteiger partial charge on any atom is 0.254 e. The van der Waals surface area contributed by atoms with Crippen LogP contribution in [0, 0.1) is 12.8 Å². The number of hydrogen-bond donors (Lipinski definition) is 0. The molecule has 1 fully saturated rings. The number of nitrogens with zero attached hydrogens (tertiary/aromatic N) is 5. The molecule has 2 aromatic heterocycles. The van der Waals surface area contributed by atoms with Gasteiger partial charge in [0.15, 0.2) is 5.65 Å². The van der Waals surface area contributed by atoms with E-state index in [1.807, 2.05) is 4.90 Å². The van der Waals surface area contributed by atoms with E-state index in [4.69, 9.17) is 0 Å². The van der Waals surface area contributed by atoms with Gasteiger partial charge in [-0.15, -0.1) is 5.10 Å². The van der Waals surface area contributed by atoms with Gasteiger partial charge >= 0.3 is 0 Å². The Morgan fingerprint density at radius 3 is 3.04 bits per heavy atom. The van der Waals surface area contributed by atoms with Gasteiger partial charge in [-0.3, -0.25) is 4.79 Å². The van der Waals surface area contributed by atoms with Crippen molar-refractivity contribution < 1.29 is 4.79 Å². The third-order valence-corrected chi connectivity index (χ3v) is 5.33. The molecule has 6 heteroatoms. The normalized spacial score (nSPS) is 17.6. The fraction of sp³-hybridized carbons (Fsp3) is 0.400. The van der Waals surface area contributed by atoms with E-state index in [1.54, 1.807) is 22.8 Å². The third kappa shape index (κ3) is 3.45. The molecule has 4 rings (SSSR count).